The van der Waals surface area contributed by atoms with Crippen LogP contribution < -0.4 is 5.73 Å². The number of hydrogen-bond donors (Lipinski definition) is 1. The van der Waals surface area contributed by atoms with Crippen LogP contribution in [0.3, 0.4) is 0 Å². The van der Waals surface area contributed by atoms with Gasteiger partial charge in [-0.25, -0.2) is 4.99 Å². The summed E-state index contributed by atoms with van der Waals surface area (Å²) < 4.78 is 0. The van der Waals surface area contributed by atoms with Crippen LogP contribution in [-0.2, 0) is 4.79 Å². The molecule has 2 rings (SSSR count). The molecule has 0 atom stereocenters. The summed E-state index contributed by atoms with van der Waals surface area (Å²) in [5, 5.41) is 0. The third-order valence-electron chi connectivity index (χ3n) is 4.23. The van der Waals surface area contributed by atoms with Gasteiger partial charge in [-0.15, -0.1) is 0 Å². The van der Waals surface area contributed by atoms with Crippen molar-refractivity contribution in [3.05, 3.63) is 0 Å². The zero-order chi connectivity index (χ0) is 14.4. The van der Waals surface area contributed by atoms with Gasteiger partial charge in [0.1, 0.15) is 6.54 Å². The van der Waals surface area contributed by atoms with Gasteiger partial charge in [0.05, 0.1) is 0 Å². The number of carbonyl (C=O) groups excluding carboxylic acids is 1. The third kappa shape index (κ3) is 4.30. The van der Waals surface area contributed by atoms with Gasteiger partial charge in [-0.2, -0.15) is 11.8 Å². The van der Waals surface area contributed by atoms with Crippen LogP contribution in [0.25, 0.3) is 0 Å². The lowest BCUT2D eigenvalue weighted by atomic mass is 9.94. The summed E-state index contributed by atoms with van der Waals surface area (Å²) in [7, 11) is 1.90. The number of aliphatic imine (C=N–C) groups is 1. The number of nitrogens with two attached hydrogens (primary N) is 1. The first-order valence-corrected chi connectivity index (χ1v) is 8.72. The lowest BCUT2D eigenvalue weighted by Gasteiger charge is -2.31. The highest BCUT2D eigenvalue weighted by atomic mass is 32.2. The first kappa shape index (κ1) is 15.5. The summed E-state index contributed by atoms with van der Waals surface area (Å²) >= 11 is 1.94. The second-order valence-corrected chi connectivity index (χ2v) is 6.80. The van der Waals surface area contributed by atoms with Gasteiger partial charge in [0.15, 0.2) is 5.96 Å². The smallest absolute Gasteiger partial charge is 0.244 e. The first-order chi connectivity index (χ1) is 9.68. The summed E-state index contributed by atoms with van der Waals surface area (Å²) in [5.41, 5.74) is 5.97. The van der Waals surface area contributed by atoms with Crippen molar-refractivity contribution < 1.29 is 4.79 Å². The zero-order valence-electron chi connectivity index (χ0n) is 12.4. The Morgan fingerprint density at radius 3 is 2.60 bits per heavy atom. The van der Waals surface area contributed by atoms with E-state index in [1.165, 1.54) is 19.3 Å². The van der Waals surface area contributed by atoms with Gasteiger partial charge >= 0.3 is 0 Å². The van der Waals surface area contributed by atoms with Gasteiger partial charge < -0.3 is 15.5 Å². The second-order valence-electron chi connectivity index (χ2n) is 5.57. The Kier molecular flexibility index (Phi) is 6.01. The standard InChI is InChI=1S/C14H26N4OS/c1-17(12-5-3-2-4-6-12)13(19)11-16-14(15)18-7-9-20-10-8-18/h12H,2-11H2,1H3,(H2,15,16). The number of likely N-dealkylation sites (N-methyl/N-ethyl adjacent to an activating group) is 1. The predicted molar refractivity (Wildman–Crippen MR) is 85.0 cm³/mol. The molecular weight excluding hydrogens is 272 g/mol. The highest BCUT2D eigenvalue weighted by Crippen LogP contribution is 2.21. The Morgan fingerprint density at radius 2 is 1.95 bits per heavy atom. The van der Waals surface area contributed by atoms with E-state index < -0.39 is 0 Å². The molecule has 2 N–H and O–H groups in total. The van der Waals surface area contributed by atoms with Crippen molar-refractivity contribution in [3.63, 3.8) is 0 Å². The quantitative estimate of drug-likeness (QED) is 0.627. The topological polar surface area (TPSA) is 61.9 Å². The van der Waals surface area contributed by atoms with E-state index in [4.69, 9.17) is 5.73 Å². The van der Waals surface area contributed by atoms with Crippen LogP contribution in [0.15, 0.2) is 4.99 Å². The number of carbonyl (C=O) groups is 1. The Bertz CT molecular complexity index is 349. The normalized spacial score (nSPS) is 21.9. The molecule has 0 unspecified atom stereocenters. The van der Waals surface area contributed by atoms with Crippen LogP contribution in [0.1, 0.15) is 32.1 Å². The molecule has 1 heterocycles. The van der Waals surface area contributed by atoms with Gasteiger partial charge in [-0.1, -0.05) is 19.3 Å². The summed E-state index contributed by atoms with van der Waals surface area (Å²) in [6.07, 6.45) is 6.03. The Labute approximate surface area is 126 Å². The Balaban J connectivity index is 1.80. The van der Waals surface area contributed by atoms with Gasteiger partial charge in [0.2, 0.25) is 5.91 Å². The molecule has 0 spiro atoms. The first-order valence-electron chi connectivity index (χ1n) is 7.57. The van der Waals surface area contributed by atoms with Crippen LogP contribution in [0.2, 0.25) is 0 Å². The van der Waals surface area contributed by atoms with Crippen LogP contribution >= 0.6 is 11.8 Å². The monoisotopic (exact) mass is 298 g/mol. The van der Waals surface area contributed by atoms with Crippen LogP contribution in [0.5, 0.6) is 0 Å². The molecule has 5 nitrogen and oxygen atoms in total. The van der Waals surface area contributed by atoms with Crippen molar-refractivity contribution in [3.8, 4) is 0 Å². The molecular formula is C14H26N4OS. The average Bonchev–Trinajstić information content (AvgIpc) is 2.53. The molecule has 0 aromatic rings. The number of rotatable bonds is 3. The van der Waals surface area contributed by atoms with E-state index in [1.807, 2.05) is 23.7 Å². The fraction of sp³-hybridized carbons (Fsp3) is 0.857. The highest BCUT2D eigenvalue weighted by Gasteiger charge is 2.22. The lowest BCUT2D eigenvalue weighted by Crippen LogP contribution is -2.44. The molecule has 20 heavy (non-hydrogen) atoms. The van der Waals surface area contributed by atoms with E-state index in [0.29, 0.717) is 12.0 Å². The number of amides is 1. The maximum absolute atomic E-state index is 12.2. The minimum Gasteiger partial charge on any atom is -0.370 e. The minimum absolute atomic E-state index is 0.0891. The predicted octanol–water partition coefficient (Wildman–Crippen LogP) is 1.14. The van der Waals surface area contributed by atoms with Crippen molar-refractivity contribution in [1.82, 2.24) is 9.80 Å². The number of thioether (sulfide) groups is 1. The van der Waals surface area contributed by atoms with Crippen molar-refractivity contribution in [2.24, 2.45) is 10.7 Å². The fourth-order valence-electron chi connectivity index (χ4n) is 2.82. The molecule has 2 aliphatic rings. The second kappa shape index (κ2) is 7.76. The summed E-state index contributed by atoms with van der Waals surface area (Å²) in [6.45, 7) is 2.06. The third-order valence-corrected chi connectivity index (χ3v) is 5.17. The van der Waals surface area contributed by atoms with Crippen molar-refractivity contribution in [2.45, 2.75) is 38.1 Å². The van der Waals surface area contributed by atoms with Crippen LogP contribution in [0.4, 0.5) is 0 Å². The van der Waals surface area contributed by atoms with Crippen LogP contribution in [0, 0.1) is 0 Å². The minimum atomic E-state index is 0.0891. The SMILES string of the molecule is CN(C(=O)CN=C(N)N1CCSCC1)C1CCCCC1. The van der Waals surface area contributed by atoms with E-state index >= 15 is 0 Å². The molecule has 0 bridgehead atoms. The molecule has 6 heteroatoms. The largest absolute Gasteiger partial charge is 0.370 e. The zero-order valence-corrected chi connectivity index (χ0v) is 13.2. The van der Waals surface area contributed by atoms with E-state index in [9.17, 15) is 4.79 Å². The van der Waals surface area contributed by atoms with E-state index in [-0.39, 0.29) is 12.5 Å². The Hall–Kier alpha value is -0.910. The van der Waals surface area contributed by atoms with Crippen molar-refractivity contribution >= 4 is 23.6 Å². The van der Waals surface area contributed by atoms with Gasteiger partial charge in [-0.05, 0) is 12.8 Å². The molecule has 1 aliphatic carbocycles. The number of nitrogens with zero attached hydrogens (tertiary/aromatic N) is 3. The molecule has 1 aliphatic heterocycles. The van der Waals surface area contributed by atoms with Crippen molar-refractivity contribution in [1.29, 1.82) is 0 Å². The molecule has 0 radical (unpaired) electrons. The van der Waals surface area contributed by atoms with E-state index in [0.717, 1.165) is 37.4 Å². The summed E-state index contributed by atoms with van der Waals surface area (Å²) in [4.78, 5) is 20.4. The maximum atomic E-state index is 12.2. The van der Waals surface area contributed by atoms with Gasteiger partial charge in [0.25, 0.3) is 0 Å². The molecule has 114 valence electrons. The molecule has 1 saturated heterocycles. The maximum Gasteiger partial charge on any atom is 0.244 e. The highest BCUT2D eigenvalue weighted by molar-refractivity contribution is 7.99. The summed E-state index contributed by atoms with van der Waals surface area (Å²) in [6, 6.07) is 0.402. The van der Waals surface area contributed by atoms with E-state index in [2.05, 4.69) is 9.89 Å². The lowest BCUT2D eigenvalue weighted by molar-refractivity contribution is -0.130. The average molecular weight is 298 g/mol. The molecule has 2 fully saturated rings. The summed E-state index contributed by atoms with van der Waals surface area (Å²) in [5.74, 6) is 2.79. The van der Waals surface area contributed by atoms with Crippen LogP contribution in [-0.4, -0.2) is 65.9 Å². The molecule has 1 saturated carbocycles. The Morgan fingerprint density at radius 1 is 1.30 bits per heavy atom. The van der Waals surface area contributed by atoms with Crippen molar-refractivity contribution in [2.75, 3.05) is 38.2 Å². The molecule has 0 aromatic heterocycles. The number of guanidine groups is 1. The molecule has 0 aromatic carbocycles. The van der Waals surface area contributed by atoms with Gasteiger partial charge in [-0.3, -0.25) is 4.79 Å². The van der Waals surface area contributed by atoms with E-state index in [1.54, 1.807) is 0 Å². The van der Waals surface area contributed by atoms with Gasteiger partial charge in [0, 0.05) is 37.7 Å². The number of hydrogen-bond acceptors (Lipinski definition) is 3. The fourth-order valence-corrected chi connectivity index (χ4v) is 3.73. The molecule has 1 amide bonds.